The maximum atomic E-state index is 13.8. The van der Waals surface area contributed by atoms with Gasteiger partial charge in [-0.2, -0.15) is 0 Å². The van der Waals surface area contributed by atoms with E-state index >= 15 is 0 Å². The summed E-state index contributed by atoms with van der Waals surface area (Å²) in [7, 11) is 0. The first-order valence-electron chi connectivity index (χ1n) is 10.1. The minimum atomic E-state index is -0.508. The Morgan fingerprint density at radius 2 is 1.79 bits per heavy atom. The van der Waals surface area contributed by atoms with Crippen LogP contribution in [0, 0.1) is 11.7 Å². The molecule has 3 rings (SSSR count). The van der Waals surface area contributed by atoms with E-state index in [1.165, 1.54) is 12.1 Å². The standard InChI is InChI=1S/C21H28FN3O3/c1-2-19(26)25-11-5-6-15(14-25)20(27)23-16-9-12-24(13-10-16)21(28)17-7-3-4-8-18(17)22/h3-4,7-8,15-16H,2,5-6,9-14H2,1H3,(H,23,27). The predicted octanol–water partition coefficient (Wildman–Crippen LogP) is 2.20. The molecule has 1 unspecified atom stereocenters. The largest absolute Gasteiger partial charge is 0.353 e. The van der Waals surface area contributed by atoms with Crippen LogP contribution in [-0.4, -0.2) is 59.7 Å². The molecule has 0 aliphatic carbocycles. The highest BCUT2D eigenvalue weighted by Gasteiger charge is 2.31. The molecule has 0 radical (unpaired) electrons. The molecule has 3 amide bonds. The molecule has 0 aromatic heterocycles. The van der Waals surface area contributed by atoms with Crippen LogP contribution in [0.3, 0.4) is 0 Å². The van der Waals surface area contributed by atoms with Gasteiger partial charge >= 0.3 is 0 Å². The number of halogens is 1. The van der Waals surface area contributed by atoms with Crippen molar-refractivity contribution in [3.8, 4) is 0 Å². The van der Waals surface area contributed by atoms with Crippen LogP contribution in [0.4, 0.5) is 4.39 Å². The van der Waals surface area contributed by atoms with Crippen LogP contribution < -0.4 is 5.32 Å². The zero-order valence-corrected chi connectivity index (χ0v) is 16.3. The summed E-state index contributed by atoms with van der Waals surface area (Å²) in [6.45, 7) is 4.03. The number of rotatable bonds is 4. The van der Waals surface area contributed by atoms with Crippen molar-refractivity contribution in [3.05, 3.63) is 35.6 Å². The Morgan fingerprint density at radius 1 is 1.07 bits per heavy atom. The summed E-state index contributed by atoms with van der Waals surface area (Å²) in [5.41, 5.74) is 0.0906. The van der Waals surface area contributed by atoms with Gasteiger partial charge in [-0.05, 0) is 37.8 Å². The van der Waals surface area contributed by atoms with Crippen molar-refractivity contribution in [1.82, 2.24) is 15.1 Å². The number of likely N-dealkylation sites (tertiary alicyclic amines) is 2. The second-order valence-corrected chi connectivity index (χ2v) is 7.59. The molecule has 28 heavy (non-hydrogen) atoms. The second-order valence-electron chi connectivity index (χ2n) is 7.59. The molecule has 2 aliphatic heterocycles. The van der Waals surface area contributed by atoms with E-state index in [4.69, 9.17) is 0 Å². The average Bonchev–Trinajstić information content (AvgIpc) is 2.73. The van der Waals surface area contributed by atoms with Gasteiger partial charge in [0.2, 0.25) is 11.8 Å². The van der Waals surface area contributed by atoms with Gasteiger partial charge in [-0.25, -0.2) is 4.39 Å². The van der Waals surface area contributed by atoms with Gasteiger partial charge in [0.1, 0.15) is 5.82 Å². The number of nitrogens with one attached hydrogen (secondary N) is 1. The topological polar surface area (TPSA) is 69.7 Å². The predicted molar refractivity (Wildman–Crippen MR) is 103 cm³/mol. The van der Waals surface area contributed by atoms with E-state index in [-0.39, 0.29) is 35.2 Å². The van der Waals surface area contributed by atoms with Crippen molar-refractivity contribution in [2.45, 2.75) is 45.1 Å². The van der Waals surface area contributed by atoms with Crippen LogP contribution in [0.1, 0.15) is 49.4 Å². The Kier molecular flexibility index (Phi) is 6.65. The van der Waals surface area contributed by atoms with Crippen LogP contribution >= 0.6 is 0 Å². The highest BCUT2D eigenvalue weighted by Crippen LogP contribution is 2.20. The van der Waals surface area contributed by atoms with Crippen molar-refractivity contribution in [3.63, 3.8) is 0 Å². The summed E-state index contributed by atoms with van der Waals surface area (Å²) in [6.07, 6.45) is 3.40. The van der Waals surface area contributed by atoms with E-state index < -0.39 is 5.82 Å². The quantitative estimate of drug-likeness (QED) is 0.858. The van der Waals surface area contributed by atoms with E-state index in [2.05, 4.69) is 5.32 Å². The van der Waals surface area contributed by atoms with Gasteiger partial charge in [0.05, 0.1) is 11.5 Å². The summed E-state index contributed by atoms with van der Waals surface area (Å²) >= 11 is 0. The highest BCUT2D eigenvalue weighted by molar-refractivity contribution is 5.94. The first-order valence-corrected chi connectivity index (χ1v) is 10.1. The van der Waals surface area contributed by atoms with E-state index in [1.54, 1.807) is 21.9 Å². The number of nitrogens with zero attached hydrogens (tertiary/aromatic N) is 2. The first kappa shape index (κ1) is 20.3. The van der Waals surface area contributed by atoms with Crippen LogP contribution in [0.5, 0.6) is 0 Å². The monoisotopic (exact) mass is 389 g/mol. The summed E-state index contributed by atoms with van der Waals surface area (Å²) in [6, 6.07) is 6.01. The number of benzene rings is 1. The molecule has 2 saturated heterocycles. The van der Waals surface area contributed by atoms with Gasteiger partial charge in [0, 0.05) is 38.6 Å². The SMILES string of the molecule is CCC(=O)N1CCCC(C(=O)NC2CCN(C(=O)c3ccccc3F)CC2)C1. The van der Waals surface area contributed by atoms with Crippen molar-refractivity contribution >= 4 is 17.7 Å². The second kappa shape index (κ2) is 9.17. The van der Waals surface area contributed by atoms with Crippen LogP contribution in [0.15, 0.2) is 24.3 Å². The molecule has 6 nitrogen and oxygen atoms in total. The lowest BCUT2D eigenvalue weighted by Gasteiger charge is -2.35. The zero-order valence-electron chi connectivity index (χ0n) is 16.3. The Balaban J connectivity index is 1.49. The molecule has 152 valence electrons. The lowest BCUT2D eigenvalue weighted by atomic mass is 9.95. The third-order valence-electron chi connectivity index (χ3n) is 5.68. The normalized spacial score (nSPS) is 20.7. The molecule has 1 aromatic carbocycles. The van der Waals surface area contributed by atoms with Crippen molar-refractivity contribution < 1.29 is 18.8 Å². The fourth-order valence-electron chi connectivity index (χ4n) is 3.99. The van der Waals surface area contributed by atoms with Gasteiger partial charge in [-0.3, -0.25) is 14.4 Å². The summed E-state index contributed by atoms with van der Waals surface area (Å²) < 4.78 is 13.8. The molecule has 1 N–H and O–H groups in total. The third kappa shape index (κ3) is 4.69. The maximum Gasteiger partial charge on any atom is 0.256 e. The van der Waals surface area contributed by atoms with Crippen molar-refractivity contribution in [2.75, 3.05) is 26.2 Å². The summed E-state index contributed by atoms with van der Waals surface area (Å²) in [5.74, 6) is -0.887. The smallest absolute Gasteiger partial charge is 0.256 e. The average molecular weight is 389 g/mol. The highest BCUT2D eigenvalue weighted by atomic mass is 19.1. The van der Waals surface area contributed by atoms with E-state index in [0.29, 0.717) is 38.9 Å². The van der Waals surface area contributed by atoms with E-state index in [1.807, 2.05) is 6.92 Å². The Hall–Kier alpha value is -2.44. The third-order valence-corrected chi connectivity index (χ3v) is 5.68. The van der Waals surface area contributed by atoms with E-state index in [0.717, 1.165) is 19.4 Å². The minimum absolute atomic E-state index is 0.00696. The number of carbonyl (C=O) groups is 3. The van der Waals surface area contributed by atoms with Gasteiger partial charge in [-0.15, -0.1) is 0 Å². The number of hydrogen-bond donors (Lipinski definition) is 1. The molecular formula is C21H28FN3O3. The fourth-order valence-corrected chi connectivity index (χ4v) is 3.99. The lowest BCUT2D eigenvalue weighted by Crippen LogP contribution is -2.50. The lowest BCUT2D eigenvalue weighted by molar-refractivity contribution is -0.135. The number of amides is 3. The Morgan fingerprint density at radius 3 is 2.46 bits per heavy atom. The minimum Gasteiger partial charge on any atom is -0.353 e. The molecule has 7 heteroatoms. The zero-order chi connectivity index (χ0) is 20.1. The number of hydrogen-bond acceptors (Lipinski definition) is 3. The molecule has 0 spiro atoms. The van der Waals surface area contributed by atoms with Gasteiger partial charge in [0.25, 0.3) is 5.91 Å². The van der Waals surface area contributed by atoms with Gasteiger partial charge < -0.3 is 15.1 Å². The van der Waals surface area contributed by atoms with Crippen LogP contribution in [0.2, 0.25) is 0 Å². The number of carbonyl (C=O) groups excluding carboxylic acids is 3. The molecule has 0 saturated carbocycles. The molecule has 1 aromatic rings. The van der Waals surface area contributed by atoms with E-state index in [9.17, 15) is 18.8 Å². The van der Waals surface area contributed by atoms with Crippen molar-refractivity contribution in [2.24, 2.45) is 5.92 Å². The van der Waals surface area contributed by atoms with Gasteiger partial charge in [-0.1, -0.05) is 19.1 Å². The van der Waals surface area contributed by atoms with Crippen LogP contribution in [0.25, 0.3) is 0 Å². The molecule has 2 aliphatic rings. The molecule has 2 heterocycles. The summed E-state index contributed by atoms with van der Waals surface area (Å²) in [5, 5.41) is 3.09. The Bertz CT molecular complexity index is 731. The van der Waals surface area contributed by atoms with Gasteiger partial charge in [0.15, 0.2) is 0 Å². The molecular weight excluding hydrogens is 361 g/mol. The molecule has 0 bridgehead atoms. The number of piperidine rings is 2. The molecule has 2 fully saturated rings. The first-order chi connectivity index (χ1) is 13.5. The Labute approximate surface area is 165 Å². The fraction of sp³-hybridized carbons (Fsp3) is 0.571. The van der Waals surface area contributed by atoms with Crippen LogP contribution in [-0.2, 0) is 9.59 Å². The maximum absolute atomic E-state index is 13.8. The molecule has 1 atom stereocenters. The summed E-state index contributed by atoms with van der Waals surface area (Å²) in [4.78, 5) is 40.4. The van der Waals surface area contributed by atoms with Crippen molar-refractivity contribution in [1.29, 1.82) is 0 Å².